The molecule has 0 aliphatic carbocycles. The molecular formula is C37H72N2O. The number of nitrogens with one attached hydrogen (secondary N) is 2. The van der Waals surface area contributed by atoms with E-state index in [4.69, 9.17) is 0 Å². The standard InChI is InChI=1S/C37H72N2O/c1-3-5-7-9-11-13-15-17-19-21-23-25-27-29-31-33-35-38-37(40)39-36-34-32-30-28-26-24-22-20-18-16-14-12-10-8-6-4-2/h17-20H,3-16,21-36H2,1-2H3,(H2,38,39,40)/b19-17-,20-18-. The predicted molar refractivity (Wildman–Crippen MR) is 180 cm³/mol. The van der Waals surface area contributed by atoms with Crippen molar-refractivity contribution >= 4 is 6.03 Å². The van der Waals surface area contributed by atoms with Gasteiger partial charge in [-0.1, -0.05) is 154 Å². The summed E-state index contributed by atoms with van der Waals surface area (Å²) in [6.07, 6.45) is 46.5. The summed E-state index contributed by atoms with van der Waals surface area (Å²) < 4.78 is 0. The van der Waals surface area contributed by atoms with E-state index in [1.54, 1.807) is 0 Å². The third kappa shape index (κ3) is 34.8. The van der Waals surface area contributed by atoms with E-state index in [1.807, 2.05) is 0 Å². The molecule has 0 aliphatic rings. The predicted octanol–water partition coefficient (Wildman–Crippen LogP) is 12.4. The zero-order valence-electron chi connectivity index (χ0n) is 27.4. The first kappa shape index (κ1) is 38.8. The largest absolute Gasteiger partial charge is 0.338 e. The van der Waals surface area contributed by atoms with E-state index in [-0.39, 0.29) is 6.03 Å². The minimum absolute atomic E-state index is 0.0143. The van der Waals surface area contributed by atoms with Gasteiger partial charge in [-0.15, -0.1) is 0 Å². The van der Waals surface area contributed by atoms with Crippen molar-refractivity contribution in [1.29, 1.82) is 0 Å². The highest BCUT2D eigenvalue weighted by Crippen LogP contribution is 2.11. The van der Waals surface area contributed by atoms with Gasteiger partial charge in [0, 0.05) is 13.1 Å². The van der Waals surface area contributed by atoms with Crippen LogP contribution in [0.2, 0.25) is 0 Å². The van der Waals surface area contributed by atoms with Gasteiger partial charge in [-0.2, -0.15) is 0 Å². The van der Waals surface area contributed by atoms with Gasteiger partial charge in [0.2, 0.25) is 0 Å². The third-order valence-electron chi connectivity index (χ3n) is 7.95. The summed E-state index contributed by atoms with van der Waals surface area (Å²) >= 11 is 0. The van der Waals surface area contributed by atoms with Gasteiger partial charge in [-0.3, -0.25) is 0 Å². The van der Waals surface area contributed by atoms with Gasteiger partial charge < -0.3 is 10.6 Å². The molecule has 2 amide bonds. The van der Waals surface area contributed by atoms with Gasteiger partial charge in [-0.05, 0) is 64.2 Å². The molecule has 0 unspecified atom stereocenters. The van der Waals surface area contributed by atoms with Gasteiger partial charge in [0.05, 0.1) is 0 Å². The molecule has 236 valence electrons. The lowest BCUT2D eigenvalue weighted by molar-refractivity contribution is 0.240. The number of carbonyl (C=O) groups is 1. The van der Waals surface area contributed by atoms with Crippen LogP contribution in [0, 0.1) is 0 Å². The van der Waals surface area contributed by atoms with Crippen molar-refractivity contribution in [3.63, 3.8) is 0 Å². The van der Waals surface area contributed by atoms with E-state index in [9.17, 15) is 4.79 Å². The number of rotatable bonds is 32. The SMILES string of the molecule is CCCCCCCC/C=C\CCCCCCCCNC(=O)NCCCCCCCC/C=C\CCCCCCCC. The number of urea groups is 1. The molecule has 0 aromatic rings. The Morgan fingerprint density at radius 1 is 0.375 bits per heavy atom. The topological polar surface area (TPSA) is 41.1 Å². The summed E-state index contributed by atoms with van der Waals surface area (Å²) in [5.74, 6) is 0. The molecule has 0 spiro atoms. The Hall–Kier alpha value is -1.25. The number of carbonyl (C=O) groups excluding carboxylic acids is 1. The van der Waals surface area contributed by atoms with Crippen molar-refractivity contribution in [3.8, 4) is 0 Å². The van der Waals surface area contributed by atoms with Crippen LogP contribution in [0.3, 0.4) is 0 Å². The minimum atomic E-state index is 0.0143. The molecule has 2 N–H and O–H groups in total. The molecule has 0 heterocycles. The lowest BCUT2D eigenvalue weighted by Gasteiger charge is -2.07. The van der Waals surface area contributed by atoms with Crippen LogP contribution in [0.15, 0.2) is 24.3 Å². The fourth-order valence-electron chi connectivity index (χ4n) is 5.21. The van der Waals surface area contributed by atoms with Crippen molar-refractivity contribution in [3.05, 3.63) is 24.3 Å². The Morgan fingerprint density at radius 2 is 0.625 bits per heavy atom. The molecular weight excluding hydrogens is 488 g/mol. The number of amides is 2. The van der Waals surface area contributed by atoms with Crippen LogP contribution >= 0.6 is 0 Å². The number of allylic oxidation sites excluding steroid dienone is 4. The number of hydrogen-bond acceptors (Lipinski definition) is 1. The Morgan fingerprint density at radius 3 is 0.925 bits per heavy atom. The van der Waals surface area contributed by atoms with E-state index in [2.05, 4.69) is 48.8 Å². The first-order valence-electron chi connectivity index (χ1n) is 18.1. The lowest BCUT2D eigenvalue weighted by atomic mass is 10.1. The van der Waals surface area contributed by atoms with Crippen molar-refractivity contribution < 1.29 is 4.79 Å². The number of unbranched alkanes of at least 4 members (excludes halogenated alkanes) is 24. The molecule has 0 saturated heterocycles. The molecule has 0 radical (unpaired) electrons. The summed E-state index contributed by atoms with van der Waals surface area (Å²) in [6, 6.07) is 0.0143. The summed E-state index contributed by atoms with van der Waals surface area (Å²) in [5.41, 5.74) is 0. The van der Waals surface area contributed by atoms with Crippen LogP contribution < -0.4 is 10.6 Å². The van der Waals surface area contributed by atoms with E-state index < -0.39 is 0 Å². The Bertz CT molecular complexity index is 496. The molecule has 0 aromatic carbocycles. The Labute approximate surface area is 252 Å². The maximum absolute atomic E-state index is 11.9. The molecule has 0 atom stereocenters. The molecule has 0 fully saturated rings. The van der Waals surface area contributed by atoms with Gasteiger partial charge in [0.1, 0.15) is 0 Å². The molecule has 0 bridgehead atoms. The molecule has 40 heavy (non-hydrogen) atoms. The third-order valence-corrected chi connectivity index (χ3v) is 7.95. The van der Waals surface area contributed by atoms with Gasteiger partial charge in [-0.25, -0.2) is 4.79 Å². The quantitative estimate of drug-likeness (QED) is 0.0623. The summed E-state index contributed by atoms with van der Waals surface area (Å²) in [6.45, 7) is 6.17. The Kier molecular flexibility index (Phi) is 34.7. The van der Waals surface area contributed by atoms with E-state index >= 15 is 0 Å². The second-order valence-electron chi connectivity index (χ2n) is 12.1. The van der Waals surface area contributed by atoms with Crippen LogP contribution in [-0.4, -0.2) is 19.1 Å². The van der Waals surface area contributed by atoms with E-state index in [1.165, 1.54) is 167 Å². The smallest absolute Gasteiger partial charge is 0.314 e. The molecule has 3 heteroatoms. The van der Waals surface area contributed by atoms with Crippen LogP contribution in [0.5, 0.6) is 0 Å². The summed E-state index contributed by atoms with van der Waals surface area (Å²) in [7, 11) is 0. The Balaban J connectivity index is 3.22. The van der Waals surface area contributed by atoms with E-state index in [0.29, 0.717) is 0 Å². The lowest BCUT2D eigenvalue weighted by Crippen LogP contribution is -2.36. The van der Waals surface area contributed by atoms with Crippen molar-refractivity contribution in [1.82, 2.24) is 10.6 Å². The fourth-order valence-corrected chi connectivity index (χ4v) is 5.21. The average Bonchev–Trinajstić information content (AvgIpc) is 2.96. The highest BCUT2D eigenvalue weighted by molar-refractivity contribution is 5.73. The fraction of sp³-hybridized carbons (Fsp3) is 0.865. The highest BCUT2D eigenvalue weighted by atomic mass is 16.2. The molecule has 0 aliphatic heterocycles. The summed E-state index contributed by atoms with van der Waals surface area (Å²) in [5, 5.41) is 6.04. The molecule has 3 nitrogen and oxygen atoms in total. The normalized spacial score (nSPS) is 11.7. The molecule has 0 rings (SSSR count). The molecule has 0 aromatic heterocycles. The van der Waals surface area contributed by atoms with Crippen LogP contribution in [0.25, 0.3) is 0 Å². The van der Waals surface area contributed by atoms with Crippen molar-refractivity contribution in [2.45, 2.75) is 194 Å². The maximum atomic E-state index is 11.9. The van der Waals surface area contributed by atoms with Crippen LogP contribution in [0.1, 0.15) is 194 Å². The second-order valence-corrected chi connectivity index (χ2v) is 12.1. The maximum Gasteiger partial charge on any atom is 0.314 e. The van der Waals surface area contributed by atoms with Crippen LogP contribution in [0.4, 0.5) is 4.79 Å². The van der Waals surface area contributed by atoms with Crippen molar-refractivity contribution in [2.24, 2.45) is 0 Å². The first-order chi connectivity index (χ1) is 19.8. The van der Waals surface area contributed by atoms with Gasteiger partial charge in [0.25, 0.3) is 0 Å². The first-order valence-corrected chi connectivity index (χ1v) is 18.1. The monoisotopic (exact) mass is 561 g/mol. The molecule has 0 saturated carbocycles. The summed E-state index contributed by atoms with van der Waals surface area (Å²) in [4.78, 5) is 11.9. The second kappa shape index (κ2) is 35.8. The zero-order valence-corrected chi connectivity index (χ0v) is 27.4. The van der Waals surface area contributed by atoms with Gasteiger partial charge in [0.15, 0.2) is 0 Å². The number of hydrogen-bond donors (Lipinski definition) is 2. The van der Waals surface area contributed by atoms with Gasteiger partial charge >= 0.3 is 6.03 Å². The van der Waals surface area contributed by atoms with Crippen LogP contribution in [-0.2, 0) is 0 Å². The van der Waals surface area contributed by atoms with Crippen molar-refractivity contribution in [2.75, 3.05) is 13.1 Å². The van der Waals surface area contributed by atoms with E-state index in [0.717, 1.165) is 25.9 Å². The highest BCUT2D eigenvalue weighted by Gasteiger charge is 1.99. The minimum Gasteiger partial charge on any atom is -0.338 e. The average molecular weight is 561 g/mol. The zero-order chi connectivity index (χ0) is 29.0.